The lowest BCUT2D eigenvalue weighted by Gasteiger charge is -2.19. The van der Waals surface area contributed by atoms with Crippen molar-refractivity contribution in [2.45, 2.75) is 31.7 Å². The fourth-order valence-electron chi connectivity index (χ4n) is 3.77. The summed E-state index contributed by atoms with van der Waals surface area (Å²) in [7, 11) is 1.64. The van der Waals surface area contributed by atoms with Gasteiger partial charge in [-0.2, -0.15) is 0 Å². The maximum Gasteiger partial charge on any atom is 0.227 e. The first-order chi connectivity index (χ1) is 12.7. The van der Waals surface area contributed by atoms with E-state index in [4.69, 9.17) is 9.72 Å². The maximum atomic E-state index is 12.7. The molecule has 1 saturated heterocycles. The van der Waals surface area contributed by atoms with Crippen molar-refractivity contribution < 1.29 is 9.53 Å². The average molecular weight is 352 g/mol. The predicted octanol–water partition coefficient (Wildman–Crippen LogP) is 1.69. The van der Waals surface area contributed by atoms with Crippen molar-refractivity contribution in [2.75, 3.05) is 26.7 Å². The van der Waals surface area contributed by atoms with Crippen LogP contribution in [0.4, 0.5) is 0 Å². The van der Waals surface area contributed by atoms with Crippen LogP contribution in [0.1, 0.15) is 35.0 Å². The molecule has 0 spiro atoms. The highest BCUT2D eigenvalue weighted by atomic mass is 16.5. The molecule has 2 aliphatic rings. The highest BCUT2D eigenvalue weighted by Gasteiger charge is 2.30. The van der Waals surface area contributed by atoms with Crippen LogP contribution in [0.3, 0.4) is 0 Å². The minimum atomic E-state index is 0.138. The number of nitrogens with one attached hydrogen (secondary N) is 1. The van der Waals surface area contributed by atoms with Crippen LogP contribution in [0.25, 0.3) is 0 Å². The average Bonchev–Trinajstić information content (AvgIpc) is 3.18. The van der Waals surface area contributed by atoms with Crippen LogP contribution < -0.4 is 10.1 Å². The number of carbonyl (C=O) groups excluding carboxylic acids is 1. The van der Waals surface area contributed by atoms with Gasteiger partial charge in [0.05, 0.1) is 13.5 Å². The van der Waals surface area contributed by atoms with Gasteiger partial charge in [-0.25, -0.2) is 9.97 Å². The van der Waals surface area contributed by atoms with Gasteiger partial charge in [-0.15, -0.1) is 0 Å². The van der Waals surface area contributed by atoms with E-state index in [0.717, 1.165) is 55.3 Å². The quantitative estimate of drug-likeness (QED) is 0.907. The van der Waals surface area contributed by atoms with E-state index in [-0.39, 0.29) is 11.8 Å². The summed E-state index contributed by atoms with van der Waals surface area (Å²) >= 11 is 0. The summed E-state index contributed by atoms with van der Waals surface area (Å²) in [5, 5.41) is 3.34. The Morgan fingerprint density at radius 3 is 3.15 bits per heavy atom. The Hall–Kier alpha value is -2.47. The molecule has 2 aliphatic heterocycles. The van der Waals surface area contributed by atoms with Gasteiger partial charge in [0.2, 0.25) is 5.91 Å². The zero-order chi connectivity index (χ0) is 17.9. The van der Waals surface area contributed by atoms with Gasteiger partial charge in [-0.05, 0) is 12.5 Å². The predicted molar refractivity (Wildman–Crippen MR) is 98.1 cm³/mol. The van der Waals surface area contributed by atoms with Gasteiger partial charge in [0.15, 0.2) is 0 Å². The number of nitrogens with zero attached hydrogens (tertiary/aromatic N) is 3. The van der Waals surface area contributed by atoms with E-state index >= 15 is 0 Å². The van der Waals surface area contributed by atoms with E-state index in [9.17, 15) is 4.79 Å². The molecule has 26 heavy (non-hydrogen) atoms. The highest BCUT2D eigenvalue weighted by Crippen LogP contribution is 2.27. The van der Waals surface area contributed by atoms with Gasteiger partial charge in [-0.3, -0.25) is 4.79 Å². The van der Waals surface area contributed by atoms with Gasteiger partial charge in [-0.1, -0.05) is 18.2 Å². The molecule has 1 unspecified atom stereocenters. The molecular formula is C20H24N4O2. The SMILES string of the molecule is COc1ccccc1CC(=O)N1CCC(c2ncc3c(n2)CCNC3)C1. The molecule has 1 aromatic carbocycles. The number of likely N-dealkylation sites (tertiary alicyclic amines) is 1. The Labute approximate surface area is 153 Å². The summed E-state index contributed by atoms with van der Waals surface area (Å²) in [6.45, 7) is 3.28. The molecule has 1 amide bonds. The number of benzene rings is 1. The zero-order valence-corrected chi connectivity index (χ0v) is 15.1. The first kappa shape index (κ1) is 17.0. The van der Waals surface area contributed by atoms with Gasteiger partial charge in [0.1, 0.15) is 11.6 Å². The normalized spacial score (nSPS) is 19.3. The Morgan fingerprint density at radius 2 is 2.27 bits per heavy atom. The number of hydrogen-bond donors (Lipinski definition) is 1. The van der Waals surface area contributed by atoms with Crippen LogP contribution >= 0.6 is 0 Å². The molecular weight excluding hydrogens is 328 g/mol. The molecule has 0 aliphatic carbocycles. The lowest BCUT2D eigenvalue weighted by Crippen LogP contribution is -2.30. The first-order valence-electron chi connectivity index (χ1n) is 9.19. The highest BCUT2D eigenvalue weighted by molar-refractivity contribution is 5.79. The van der Waals surface area contributed by atoms with E-state index in [1.165, 1.54) is 5.56 Å². The van der Waals surface area contributed by atoms with Crippen LogP contribution in [-0.4, -0.2) is 47.5 Å². The van der Waals surface area contributed by atoms with Crippen molar-refractivity contribution >= 4 is 5.91 Å². The molecule has 6 nitrogen and oxygen atoms in total. The first-order valence-corrected chi connectivity index (χ1v) is 9.19. The lowest BCUT2D eigenvalue weighted by molar-refractivity contribution is -0.129. The van der Waals surface area contributed by atoms with E-state index in [2.05, 4.69) is 10.3 Å². The van der Waals surface area contributed by atoms with Gasteiger partial charge >= 0.3 is 0 Å². The Morgan fingerprint density at radius 1 is 1.38 bits per heavy atom. The number of para-hydroxylation sites is 1. The topological polar surface area (TPSA) is 67.3 Å². The van der Waals surface area contributed by atoms with Crippen LogP contribution in [0, 0.1) is 0 Å². The molecule has 136 valence electrons. The van der Waals surface area contributed by atoms with Gasteiger partial charge in [0.25, 0.3) is 0 Å². The Balaban J connectivity index is 1.42. The number of fused-ring (bicyclic) bond motifs is 1. The van der Waals surface area contributed by atoms with E-state index in [0.29, 0.717) is 13.0 Å². The molecule has 1 N–H and O–H groups in total. The summed E-state index contributed by atoms with van der Waals surface area (Å²) in [6.07, 6.45) is 4.19. The number of carbonyl (C=O) groups is 1. The molecule has 0 radical (unpaired) electrons. The van der Waals surface area contributed by atoms with Crippen molar-refractivity contribution in [3.8, 4) is 5.75 Å². The van der Waals surface area contributed by atoms with E-state index < -0.39 is 0 Å². The number of methoxy groups -OCH3 is 1. The summed E-state index contributed by atoms with van der Waals surface area (Å²) in [4.78, 5) is 24.0. The van der Waals surface area contributed by atoms with E-state index in [1.54, 1.807) is 7.11 Å². The molecule has 1 fully saturated rings. The standard InChI is InChI=1S/C20H24N4O2/c1-26-18-5-3-2-4-14(18)10-19(25)24-9-7-15(13-24)20-22-12-16-11-21-8-6-17(16)23-20/h2-5,12,15,21H,6-11,13H2,1H3. The minimum absolute atomic E-state index is 0.138. The van der Waals surface area contributed by atoms with Crippen LogP contribution in [0.2, 0.25) is 0 Å². The third-order valence-corrected chi connectivity index (χ3v) is 5.27. The van der Waals surface area contributed by atoms with Gasteiger partial charge in [0, 0.05) is 61.5 Å². The monoisotopic (exact) mass is 352 g/mol. The number of hydrogen-bond acceptors (Lipinski definition) is 5. The third-order valence-electron chi connectivity index (χ3n) is 5.27. The van der Waals surface area contributed by atoms with E-state index in [1.807, 2.05) is 35.4 Å². The largest absolute Gasteiger partial charge is 0.496 e. The van der Waals surface area contributed by atoms with Crippen molar-refractivity contribution in [3.63, 3.8) is 0 Å². The number of rotatable bonds is 4. The molecule has 0 bridgehead atoms. The minimum Gasteiger partial charge on any atom is -0.496 e. The number of amides is 1. The molecule has 1 atom stereocenters. The molecule has 1 aromatic heterocycles. The fraction of sp³-hybridized carbons (Fsp3) is 0.450. The fourth-order valence-corrected chi connectivity index (χ4v) is 3.77. The van der Waals surface area contributed by atoms with Crippen LogP contribution in [-0.2, 0) is 24.2 Å². The second-order valence-electron chi connectivity index (χ2n) is 6.94. The third kappa shape index (κ3) is 3.42. The second kappa shape index (κ2) is 7.41. The Bertz CT molecular complexity index is 808. The summed E-state index contributed by atoms with van der Waals surface area (Å²) < 4.78 is 5.36. The van der Waals surface area contributed by atoms with Crippen LogP contribution in [0.15, 0.2) is 30.5 Å². The molecule has 0 saturated carbocycles. The number of ether oxygens (including phenoxy) is 1. The zero-order valence-electron chi connectivity index (χ0n) is 15.1. The second-order valence-corrected chi connectivity index (χ2v) is 6.94. The summed E-state index contributed by atoms with van der Waals surface area (Å²) in [5.41, 5.74) is 3.29. The lowest BCUT2D eigenvalue weighted by atomic mass is 10.1. The maximum absolute atomic E-state index is 12.7. The summed E-state index contributed by atoms with van der Waals surface area (Å²) in [5.74, 6) is 2.03. The van der Waals surface area contributed by atoms with Gasteiger partial charge < -0.3 is 15.0 Å². The van der Waals surface area contributed by atoms with Crippen molar-refractivity contribution in [2.24, 2.45) is 0 Å². The molecule has 3 heterocycles. The number of aromatic nitrogens is 2. The van der Waals surface area contributed by atoms with Crippen molar-refractivity contribution in [1.29, 1.82) is 0 Å². The summed E-state index contributed by atoms with van der Waals surface area (Å²) in [6, 6.07) is 7.70. The van der Waals surface area contributed by atoms with Crippen LogP contribution in [0.5, 0.6) is 5.75 Å². The van der Waals surface area contributed by atoms with Crippen molar-refractivity contribution in [1.82, 2.24) is 20.2 Å². The smallest absolute Gasteiger partial charge is 0.227 e. The molecule has 2 aromatic rings. The molecule has 4 rings (SSSR count). The Kier molecular flexibility index (Phi) is 4.84. The molecule has 6 heteroatoms. The van der Waals surface area contributed by atoms with Crippen molar-refractivity contribution in [3.05, 3.63) is 53.1 Å².